The van der Waals surface area contributed by atoms with Crippen molar-refractivity contribution < 1.29 is 24.1 Å². The lowest BCUT2D eigenvalue weighted by Crippen LogP contribution is -2.45. The number of carbonyl (C=O) groups excluding carboxylic acids is 1. The van der Waals surface area contributed by atoms with Gasteiger partial charge in [-0.25, -0.2) is 4.79 Å². The Balaban J connectivity index is 2.36. The van der Waals surface area contributed by atoms with Gasteiger partial charge in [-0.15, -0.1) is 0 Å². The van der Waals surface area contributed by atoms with Crippen molar-refractivity contribution in [3.8, 4) is 0 Å². The Labute approximate surface area is 140 Å². The second kappa shape index (κ2) is 9.45. The van der Waals surface area contributed by atoms with Gasteiger partial charge in [0.2, 0.25) is 0 Å². The molecular formula is C17H33NO5. The standard InChI is InChI=1S/C17H33NO5/c1-6-21-13(2)22-12-8-10-15(19)14-9-7-11-18(14)16(20)23-17(3,4)5/h13-15,19H,6-12H2,1-5H3/t13?,14-,15?/m0/s1. The van der Waals surface area contributed by atoms with Crippen LogP contribution in [0.1, 0.15) is 60.3 Å². The van der Waals surface area contributed by atoms with E-state index in [1.165, 1.54) is 0 Å². The van der Waals surface area contributed by atoms with E-state index in [1.807, 2.05) is 34.6 Å². The normalized spacial score (nSPS) is 21.3. The van der Waals surface area contributed by atoms with Crippen LogP contribution < -0.4 is 0 Å². The highest BCUT2D eigenvalue weighted by Crippen LogP contribution is 2.25. The summed E-state index contributed by atoms with van der Waals surface area (Å²) in [4.78, 5) is 13.9. The van der Waals surface area contributed by atoms with Crippen LogP contribution in [0.2, 0.25) is 0 Å². The van der Waals surface area contributed by atoms with Crippen molar-refractivity contribution in [1.29, 1.82) is 0 Å². The summed E-state index contributed by atoms with van der Waals surface area (Å²) in [5.74, 6) is 0. The van der Waals surface area contributed by atoms with Crippen LogP contribution in [-0.4, -0.2) is 59.9 Å². The zero-order chi connectivity index (χ0) is 17.5. The van der Waals surface area contributed by atoms with Crippen molar-refractivity contribution in [3.63, 3.8) is 0 Å². The van der Waals surface area contributed by atoms with Gasteiger partial charge >= 0.3 is 6.09 Å². The lowest BCUT2D eigenvalue weighted by atomic mass is 10.0. The quantitative estimate of drug-likeness (QED) is 0.547. The molecule has 1 amide bonds. The zero-order valence-electron chi connectivity index (χ0n) is 15.2. The first-order chi connectivity index (χ1) is 10.7. The highest BCUT2D eigenvalue weighted by Gasteiger charge is 2.36. The number of amides is 1. The molecule has 6 heteroatoms. The Hall–Kier alpha value is -0.850. The van der Waals surface area contributed by atoms with E-state index < -0.39 is 11.7 Å². The first-order valence-corrected chi connectivity index (χ1v) is 8.65. The van der Waals surface area contributed by atoms with Crippen LogP contribution in [0.15, 0.2) is 0 Å². The van der Waals surface area contributed by atoms with Gasteiger partial charge in [-0.05, 0) is 60.3 Å². The summed E-state index contributed by atoms with van der Waals surface area (Å²) < 4.78 is 16.2. The summed E-state index contributed by atoms with van der Waals surface area (Å²) in [6.45, 7) is 11.1. The van der Waals surface area contributed by atoms with E-state index in [-0.39, 0.29) is 18.4 Å². The van der Waals surface area contributed by atoms with Gasteiger partial charge in [0.25, 0.3) is 0 Å². The number of hydrogen-bond acceptors (Lipinski definition) is 5. The molecule has 1 heterocycles. The Morgan fingerprint density at radius 2 is 2.04 bits per heavy atom. The molecule has 0 aromatic heterocycles. The minimum atomic E-state index is -0.545. The van der Waals surface area contributed by atoms with Crippen molar-refractivity contribution in [2.24, 2.45) is 0 Å². The van der Waals surface area contributed by atoms with Gasteiger partial charge in [-0.2, -0.15) is 0 Å². The zero-order valence-corrected chi connectivity index (χ0v) is 15.2. The van der Waals surface area contributed by atoms with Crippen LogP contribution in [-0.2, 0) is 14.2 Å². The fourth-order valence-electron chi connectivity index (χ4n) is 2.76. The van der Waals surface area contributed by atoms with E-state index in [0.717, 1.165) is 19.3 Å². The molecule has 1 saturated heterocycles. The molecule has 0 saturated carbocycles. The molecule has 3 atom stereocenters. The van der Waals surface area contributed by atoms with Crippen LogP contribution in [0, 0.1) is 0 Å². The summed E-state index contributed by atoms with van der Waals surface area (Å²) in [6.07, 6.45) is 1.95. The maximum Gasteiger partial charge on any atom is 0.410 e. The highest BCUT2D eigenvalue weighted by molar-refractivity contribution is 5.69. The maximum atomic E-state index is 12.2. The molecule has 0 spiro atoms. The molecule has 0 radical (unpaired) electrons. The van der Waals surface area contributed by atoms with Crippen molar-refractivity contribution >= 4 is 6.09 Å². The van der Waals surface area contributed by atoms with E-state index in [0.29, 0.717) is 26.2 Å². The largest absolute Gasteiger partial charge is 0.444 e. The third-order valence-electron chi connectivity index (χ3n) is 3.77. The minimum Gasteiger partial charge on any atom is -0.444 e. The summed E-state index contributed by atoms with van der Waals surface area (Å²) in [6, 6.07) is -0.158. The number of likely N-dealkylation sites (tertiary alicyclic amines) is 1. The molecule has 0 aromatic rings. The van der Waals surface area contributed by atoms with Gasteiger partial charge in [0.05, 0.1) is 12.1 Å². The second-order valence-electron chi connectivity index (χ2n) is 6.99. The molecule has 1 rings (SSSR count). The Morgan fingerprint density at radius 3 is 2.65 bits per heavy atom. The number of hydrogen-bond donors (Lipinski definition) is 1. The Kier molecular flexibility index (Phi) is 8.29. The summed E-state index contributed by atoms with van der Waals surface area (Å²) >= 11 is 0. The molecule has 0 aliphatic carbocycles. The fraction of sp³-hybridized carbons (Fsp3) is 0.941. The summed E-state index contributed by atoms with van der Waals surface area (Å²) in [5, 5.41) is 10.4. The van der Waals surface area contributed by atoms with E-state index in [1.54, 1.807) is 4.90 Å². The molecule has 2 unspecified atom stereocenters. The first-order valence-electron chi connectivity index (χ1n) is 8.65. The number of aliphatic hydroxyl groups excluding tert-OH is 1. The summed E-state index contributed by atoms with van der Waals surface area (Å²) in [5.41, 5.74) is -0.515. The lowest BCUT2D eigenvalue weighted by Gasteiger charge is -2.31. The van der Waals surface area contributed by atoms with E-state index >= 15 is 0 Å². The molecule has 0 aromatic carbocycles. The SMILES string of the molecule is CCOC(C)OCCCC(O)[C@@H]1CCCN1C(=O)OC(C)(C)C. The van der Waals surface area contributed by atoms with Gasteiger partial charge in [0.15, 0.2) is 6.29 Å². The van der Waals surface area contributed by atoms with Crippen molar-refractivity contribution in [1.82, 2.24) is 4.90 Å². The number of aliphatic hydroxyl groups is 1. The van der Waals surface area contributed by atoms with Gasteiger partial charge in [0, 0.05) is 19.8 Å². The van der Waals surface area contributed by atoms with E-state index in [2.05, 4.69) is 0 Å². The van der Waals surface area contributed by atoms with Crippen molar-refractivity contribution in [3.05, 3.63) is 0 Å². The van der Waals surface area contributed by atoms with Crippen molar-refractivity contribution in [2.45, 2.75) is 84.3 Å². The topological polar surface area (TPSA) is 68.2 Å². The van der Waals surface area contributed by atoms with Crippen LogP contribution in [0.4, 0.5) is 4.79 Å². The molecule has 23 heavy (non-hydrogen) atoms. The molecule has 1 aliphatic heterocycles. The molecule has 1 aliphatic rings. The fourth-order valence-corrected chi connectivity index (χ4v) is 2.76. The monoisotopic (exact) mass is 331 g/mol. The van der Waals surface area contributed by atoms with Gasteiger partial charge < -0.3 is 24.2 Å². The third kappa shape index (κ3) is 7.50. The minimum absolute atomic E-state index is 0.158. The molecule has 136 valence electrons. The predicted molar refractivity (Wildman–Crippen MR) is 88.2 cm³/mol. The average molecular weight is 331 g/mol. The highest BCUT2D eigenvalue weighted by atomic mass is 16.7. The number of ether oxygens (including phenoxy) is 3. The number of nitrogens with zero attached hydrogens (tertiary/aromatic N) is 1. The molecule has 6 nitrogen and oxygen atoms in total. The van der Waals surface area contributed by atoms with Crippen LogP contribution in [0.25, 0.3) is 0 Å². The second-order valence-corrected chi connectivity index (χ2v) is 6.99. The van der Waals surface area contributed by atoms with Crippen molar-refractivity contribution in [2.75, 3.05) is 19.8 Å². The number of rotatable bonds is 8. The van der Waals surface area contributed by atoms with Crippen LogP contribution in [0.3, 0.4) is 0 Å². The van der Waals surface area contributed by atoms with Gasteiger partial charge in [0.1, 0.15) is 5.60 Å². The Morgan fingerprint density at radius 1 is 1.35 bits per heavy atom. The average Bonchev–Trinajstić information content (AvgIpc) is 2.91. The smallest absolute Gasteiger partial charge is 0.410 e. The van der Waals surface area contributed by atoms with E-state index in [9.17, 15) is 9.90 Å². The first kappa shape index (κ1) is 20.2. The van der Waals surface area contributed by atoms with Crippen LogP contribution >= 0.6 is 0 Å². The Bertz CT molecular complexity index is 355. The van der Waals surface area contributed by atoms with E-state index in [4.69, 9.17) is 14.2 Å². The third-order valence-corrected chi connectivity index (χ3v) is 3.77. The predicted octanol–water partition coefficient (Wildman–Crippen LogP) is 2.93. The summed E-state index contributed by atoms with van der Waals surface area (Å²) in [7, 11) is 0. The van der Waals surface area contributed by atoms with Crippen LogP contribution in [0.5, 0.6) is 0 Å². The molecular weight excluding hydrogens is 298 g/mol. The number of carbonyl (C=O) groups is 1. The molecule has 0 bridgehead atoms. The maximum absolute atomic E-state index is 12.2. The van der Waals surface area contributed by atoms with Gasteiger partial charge in [-0.3, -0.25) is 0 Å². The van der Waals surface area contributed by atoms with Gasteiger partial charge in [-0.1, -0.05) is 0 Å². The lowest BCUT2D eigenvalue weighted by molar-refractivity contribution is -0.128. The molecule has 1 N–H and O–H groups in total. The molecule has 1 fully saturated rings.